The molecule has 0 spiro atoms. The van der Waals surface area contributed by atoms with Crippen LogP contribution in [0.15, 0.2) is 18.2 Å². The van der Waals surface area contributed by atoms with Gasteiger partial charge in [-0.25, -0.2) is 0 Å². The number of halogens is 4. The fraction of sp³-hybridized carbons (Fsp3) is 0.682. The molecule has 0 aromatic heterocycles. The van der Waals surface area contributed by atoms with Gasteiger partial charge in [0.2, 0.25) is 0 Å². The van der Waals surface area contributed by atoms with Gasteiger partial charge in [-0.2, -0.15) is 13.2 Å². The van der Waals surface area contributed by atoms with E-state index in [1.807, 2.05) is 0 Å². The summed E-state index contributed by atoms with van der Waals surface area (Å²) in [4.78, 5) is 15.4. The molecule has 0 radical (unpaired) electrons. The van der Waals surface area contributed by atoms with E-state index >= 15 is 0 Å². The number of likely N-dealkylation sites (N-methyl/N-ethyl adjacent to an activating group) is 1. The molecule has 3 nitrogen and oxygen atoms in total. The van der Waals surface area contributed by atoms with E-state index < -0.39 is 22.7 Å². The van der Waals surface area contributed by atoms with E-state index in [9.17, 15) is 18.0 Å². The number of alkyl halides is 3. The van der Waals surface area contributed by atoms with Crippen LogP contribution in [0.5, 0.6) is 0 Å². The Morgan fingerprint density at radius 2 is 1.76 bits per heavy atom. The maximum Gasteiger partial charge on any atom is 0.417 e. The second-order valence-corrected chi connectivity index (χ2v) is 8.84. The van der Waals surface area contributed by atoms with Crippen molar-refractivity contribution in [1.82, 2.24) is 10.2 Å². The van der Waals surface area contributed by atoms with Crippen LogP contribution in [-0.2, 0) is 6.18 Å². The zero-order valence-electron chi connectivity index (χ0n) is 16.9. The minimum absolute atomic E-state index is 0.0727. The Morgan fingerprint density at radius 3 is 2.45 bits per heavy atom. The zero-order valence-corrected chi connectivity index (χ0v) is 17.7. The van der Waals surface area contributed by atoms with Crippen LogP contribution in [0.25, 0.3) is 0 Å². The van der Waals surface area contributed by atoms with Gasteiger partial charge < -0.3 is 10.2 Å². The van der Waals surface area contributed by atoms with Crippen molar-refractivity contribution in [2.75, 3.05) is 13.6 Å². The molecule has 162 valence electrons. The lowest BCUT2D eigenvalue weighted by Crippen LogP contribution is -2.54. The molecule has 1 aliphatic heterocycles. The number of carbonyl (C=O) groups is 1. The first-order chi connectivity index (χ1) is 13.8. The molecule has 2 aliphatic rings. The van der Waals surface area contributed by atoms with Gasteiger partial charge in [0.1, 0.15) is 0 Å². The zero-order chi connectivity index (χ0) is 21.0. The molecule has 1 N–H and O–H groups in total. The summed E-state index contributed by atoms with van der Waals surface area (Å²) in [7, 11) is 2.09. The van der Waals surface area contributed by atoms with Crippen LogP contribution in [-0.4, -0.2) is 36.5 Å². The van der Waals surface area contributed by atoms with Gasteiger partial charge >= 0.3 is 6.18 Å². The average Bonchev–Trinajstić information content (AvgIpc) is 2.90. The highest BCUT2D eigenvalue weighted by atomic mass is 35.5. The molecule has 2 atom stereocenters. The third-order valence-electron chi connectivity index (χ3n) is 6.50. The summed E-state index contributed by atoms with van der Waals surface area (Å²) < 4.78 is 39.6. The molecule has 0 unspecified atom stereocenters. The Kier molecular flexibility index (Phi) is 7.49. The number of hydrogen-bond acceptors (Lipinski definition) is 2. The number of benzene rings is 1. The maximum atomic E-state index is 13.2. The molecular weight excluding hydrogens is 401 g/mol. The summed E-state index contributed by atoms with van der Waals surface area (Å²) in [6.45, 7) is 0.980. The number of nitrogens with one attached hydrogen (secondary N) is 1. The van der Waals surface area contributed by atoms with E-state index in [2.05, 4.69) is 17.3 Å². The molecule has 1 amide bonds. The van der Waals surface area contributed by atoms with E-state index in [1.54, 1.807) is 0 Å². The van der Waals surface area contributed by atoms with Crippen molar-refractivity contribution in [3.05, 3.63) is 34.3 Å². The normalized spacial score (nSPS) is 23.4. The van der Waals surface area contributed by atoms with Gasteiger partial charge in [0.15, 0.2) is 0 Å². The summed E-state index contributed by atoms with van der Waals surface area (Å²) in [5.74, 6) is -0.155. The number of carbonyl (C=O) groups excluding carboxylic acids is 1. The number of amides is 1. The van der Waals surface area contributed by atoms with Crippen molar-refractivity contribution < 1.29 is 18.0 Å². The fourth-order valence-electron chi connectivity index (χ4n) is 4.91. The minimum Gasteiger partial charge on any atom is -0.347 e. The first-order valence-corrected chi connectivity index (χ1v) is 11.0. The Bertz CT molecular complexity index is 704. The Balaban J connectivity index is 1.86. The van der Waals surface area contributed by atoms with Gasteiger partial charge in [-0.1, -0.05) is 49.8 Å². The van der Waals surface area contributed by atoms with Gasteiger partial charge in [-0.15, -0.1) is 0 Å². The summed E-state index contributed by atoms with van der Waals surface area (Å²) in [5.41, 5.74) is -1.06. The highest BCUT2D eigenvalue weighted by Crippen LogP contribution is 2.37. The third-order valence-corrected chi connectivity index (χ3v) is 6.90. The van der Waals surface area contributed by atoms with Crippen molar-refractivity contribution >= 4 is 17.5 Å². The first-order valence-electron chi connectivity index (χ1n) is 10.7. The molecule has 1 heterocycles. The quantitative estimate of drug-likeness (QED) is 0.643. The molecule has 3 rings (SSSR count). The number of hydrogen-bond donors (Lipinski definition) is 1. The van der Waals surface area contributed by atoms with Gasteiger partial charge in [-0.05, 0) is 57.3 Å². The van der Waals surface area contributed by atoms with Crippen molar-refractivity contribution in [3.63, 3.8) is 0 Å². The van der Waals surface area contributed by atoms with Crippen LogP contribution in [0.3, 0.4) is 0 Å². The number of likely N-dealkylation sites (tertiary alicyclic amines) is 1. The molecular formula is C22H30ClF3N2O. The lowest BCUT2D eigenvalue weighted by atomic mass is 9.79. The molecule has 1 saturated heterocycles. The van der Waals surface area contributed by atoms with Gasteiger partial charge in [-0.3, -0.25) is 4.79 Å². The number of rotatable bonds is 4. The molecule has 29 heavy (non-hydrogen) atoms. The van der Waals surface area contributed by atoms with E-state index in [0.717, 1.165) is 57.6 Å². The molecule has 1 aromatic carbocycles. The van der Waals surface area contributed by atoms with Crippen molar-refractivity contribution in [1.29, 1.82) is 0 Å². The molecule has 1 saturated carbocycles. The van der Waals surface area contributed by atoms with Crippen LogP contribution in [0.4, 0.5) is 13.2 Å². The van der Waals surface area contributed by atoms with Crippen molar-refractivity contribution in [2.24, 2.45) is 5.92 Å². The van der Waals surface area contributed by atoms with Crippen LogP contribution >= 0.6 is 11.6 Å². The molecule has 1 aliphatic carbocycles. The van der Waals surface area contributed by atoms with Gasteiger partial charge in [0.05, 0.1) is 16.1 Å². The van der Waals surface area contributed by atoms with E-state index in [0.29, 0.717) is 5.92 Å². The second kappa shape index (κ2) is 9.69. The van der Waals surface area contributed by atoms with Crippen LogP contribution < -0.4 is 5.32 Å². The van der Waals surface area contributed by atoms with Crippen LogP contribution in [0, 0.1) is 5.92 Å². The Hall–Kier alpha value is -1.27. The van der Waals surface area contributed by atoms with Gasteiger partial charge in [0, 0.05) is 12.1 Å². The highest BCUT2D eigenvalue weighted by Gasteiger charge is 2.37. The van der Waals surface area contributed by atoms with Crippen LogP contribution in [0.1, 0.15) is 73.7 Å². The molecule has 2 fully saturated rings. The largest absolute Gasteiger partial charge is 0.417 e. The second-order valence-electron chi connectivity index (χ2n) is 8.46. The van der Waals surface area contributed by atoms with E-state index in [-0.39, 0.29) is 17.6 Å². The predicted octanol–water partition coefficient (Wildman–Crippen LogP) is 5.91. The Labute approximate surface area is 176 Å². The first kappa shape index (κ1) is 22.4. The third kappa shape index (κ3) is 5.46. The summed E-state index contributed by atoms with van der Waals surface area (Å²) >= 11 is 6.01. The van der Waals surface area contributed by atoms with Gasteiger partial charge in [0.25, 0.3) is 5.91 Å². The Morgan fingerprint density at radius 1 is 1.10 bits per heavy atom. The molecule has 0 bridgehead atoms. The van der Waals surface area contributed by atoms with Crippen LogP contribution in [0.2, 0.25) is 5.02 Å². The highest BCUT2D eigenvalue weighted by molar-refractivity contribution is 6.34. The van der Waals surface area contributed by atoms with E-state index in [1.165, 1.54) is 25.0 Å². The summed E-state index contributed by atoms with van der Waals surface area (Å²) in [6, 6.07) is 3.67. The fourth-order valence-corrected chi connectivity index (χ4v) is 5.23. The smallest absolute Gasteiger partial charge is 0.347 e. The monoisotopic (exact) mass is 430 g/mol. The summed E-state index contributed by atoms with van der Waals surface area (Å²) in [6.07, 6.45) is 5.40. The summed E-state index contributed by atoms with van der Waals surface area (Å²) in [5, 5.41) is 2.60. The van der Waals surface area contributed by atoms with E-state index in [4.69, 9.17) is 11.6 Å². The standard InChI is InChI=1S/C22H30ClF3N2O/c1-28-14-7-3-6-13-18(28)20(15-9-4-2-5-10-15)27-21(29)16-11-8-12-17(19(16)23)22(24,25)26/h8,11-12,15,18,20H,2-7,9-10,13-14H2,1H3,(H,27,29)/t18-,20-/m1/s1. The SMILES string of the molecule is CN1CCCCC[C@@H]1[C@H](NC(=O)c1cccc(C(F)(F)F)c1Cl)C1CCCCC1. The lowest BCUT2D eigenvalue weighted by molar-refractivity contribution is -0.137. The molecule has 1 aromatic rings. The van der Waals surface area contributed by atoms with Crippen molar-refractivity contribution in [3.8, 4) is 0 Å². The topological polar surface area (TPSA) is 32.3 Å². The predicted molar refractivity (Wildman–Crippen MR) is 109 cm³/mol. The number of nitrogens with zero attached hydrogens (tertiary/aromatic N) is 1. The maximum absolute atomic E-state index is 13.2. The van der Waals surface area contributed by atoms with Crippen molar-refractivity contribution in [2.45, 2.75) is 76.0 Å². The average molecular weight is 431 g/mol. The lowest BCUT2D eigenvalue weighted by Gasteiger charge is -2.40. The minimum atomic E-state index is -4.59. The molecule has 7 heteroatoms.